The first-order valence-electron chi connectivity index (χ1n) is 8.23. The molecule has 0 saturated heterocycles. The number of hydrogen-bond acceptors (Lipinski definition) is 2. The maximum Gasteiger partial charge on any atom is 0.256 e. The first kappa shape index (κ1) is 16.0. The van der Waals surface area contributed by atoms with Gasteiger partial charge in [0.15, 0.2) is 0 Å². The molecule has 0 saturated carbocycles. The second-order valence-corrected chi connectivity index (χ2v) is 6.09. The van der Waals surface area contributed by atoms with Crippen LogP contribution in [0.3, 0.4) is 0 Å². The molecule has 4 nitrogen and oxygen atoms in total. The number of H-pyrrole nitrogens is 1. The fourth-order valence-corrected chi connectivity index (χ4v) is 2.84. The molecule has 4 rings (SSSR count). The van der Waals surface area contributed by atoms with Gasteiger partial charge in [-0.3, -0.25) is 4.79 Å². The molecule has 1 aromatic heterocycles. The lowest BCUT2D eigenvalue weighted by atomic mass is 10.1. The largest absolute Gasteiger partial charge is 0.338 e. The Morgan fingerprint density at radius 2 is 1.81 bits per heavy atom. The van der Waals surface area contributed by atoms with Gasteiger partial charge in [-0.2, -0.15) is 0 Å². The fraction of sp³-hybridized carbons (Fsp3) is 0.0476. The smallest absolute Gasteiger partial charge is 0.256 e. The van der Waals surface area contributed by atoms with Crippen molar-refractivity contribution in [3.05, 3.63) is 83.7 Å². The summed E-state index contributed by atoms with van der Waals surface area (Å²) in [6.45, 7) is 1.78. The zero-order valence-corrected chi connectivity index (χ0v) is 14.1. The van der Waals surface area contributed by atoms with Gasteiger partial charge in [-0.1, -0.05) is 18.2 Å². The summed E-state index contributed by atoms with van der Waals surface area (Å²) in [6, 6.07) is 19.4. The Morgan fingerprint density at radius 3 is 2.58 bits per heavy atom. The average molecular weight is 345 g/mol. The van der Waals surface area contributed by atoms with Gasteiger partial charge in [-0.25, -0.2) is 9.37 Å². The molecule has 0 spiro atoms. The van der Waals surface area contributed by atoms with Gasteiger partial charge in [-0.15, -0.1) is 0 Å². The number of anilines is 1. The number of para-hydroxylation sites is 2. The second kappa shape index (κ2) is 6.44. The number of aromatic nitrogens is 2. The van der Waals surface area contributed by atoms with E-state index >= 15 is 0 Å². The quantitative estimate of drug-likeness (QED) is 0.553. The molecule has 0 unspecified atom stereocenters. The molecular formula is C21H16FN3O. The van der Waals surface area contributed by atoms with Crippen molar-refractivity contribution in [3.8, 4) is 11.4 Å². The lowest BCUT2D eigenvalue weighted by Crippen LogP contribution is -2.13. The SMILES string of the molecule is Cc1ccc(F)cc1C(=O)Nc1ccc(-c2nc3ccccc3[nH]2)cc1. The van der Waals surface area contributed by atoms with Gasteiger partial charge in [0.1, 0.15) is 11.6 Å². The molecule has 0 aliphatic heterocycles. The van der Waals surface area contributed by atoms with E-state index in [4.69, 9.17) is 0 Å². The first-order valence-corrected chi connectivity index (χ1v) is 8.23. The van der Waals surface area contributed by atoms with Crippen molar-refractivity contribution < 1.29 is 9.18 Å². The van der Waals surface area contributed by atoms with Crippen molar-refractivity contribution in [3.63, 3.8) is 0 Å². The number of carbonyl (C=O) groups excluding carboxylic acids is 1. The predicted molar refractivity (Wildman–Crippen MR) is 101 cm³/mol. The van der Waals surface area contributed by atoms with E-state index < -0.39 is 5.82 Å². The molecule has 128 valence electrons. The molecule has 3 aromatic carbocycles. The Bertz CT molecular complexity index is 1070. The second-order valence-electron chi connectivity index (χ2n) is 6.09. The third-order valence-electron chi connectivity index (χ3n) is 4.25. The molecule has 5 heteroatoms. The van der Waals surface area contributed by atoms with Gasteiger partial charge >= 0.3 is 0 Å². The highest BCUT2D eigenvalue weighted by molar-refractivity contribution is 6.05. The Labute approximate surface area is 149 Å². The average Bonchev–Trinajstić information content (AvgIpc) is 3.08. The first-order chi connectivity index (χ1) is 12.6. The van der Waals surface area contributed by atoms with Crippen molar-refractivity contribution in [2.45, 2.75) is 6.92 Å². The van der Waals surface area contributed by atoms with E-state index in [9.17, 15) is 9.18 Å². The number of hydrogen-bond donors (Lipinski definition) is 2. The molecule has 0 fully saturated rings. The molecule has 0 radical (unpaired) electrons. The Kier molecular flexibility index (Phi) is 3.97. The van der Waals surface area contributed by atoms with Gasteiger partial charge in [0, 0.05) is 16.8 Å². The molecule has 0 atom stereocenters. The van der Waals surface area contributed by atoms with Crippen LogP contribution in [-0.2, 0) is 0 Å². The van der Waals surface area contributed by atoms with Gasteiger partial charge in [0.25, 0.3) is 5.91 Å². The van der Waals surface area contributed by atoms with Crippen LogP contribution < -0.4 is 5.32 Å². The summed E-state index contributed by atoms with van der Waals surface area (Å²) < 4.78 is 13.4. The molecule has 26 heavy (non-hydrogen) atoms. The highest BCUT2D eigenvalue weighted by Crippen LogP contribution is 2.22. The topological polar surface area (TPSA) is 57.8 Å². The zero-order chi connectivity index (χ0) is 18.1. The summed E-state index contributed by atoms with van der Waals surface area (Å²) in [4.78, 5) is 20.2. The van der Waals surface area contributed by atoms with Crippen LogP contribution >= 0.6 is 0 Å². The Balaban J connectivity index is 1.56. The van der Waals surface area contributed by atoms with Crippen molar-refractivity contribution in [2.24, 2.45) is 0 Å². The van der Waals surface area contributed by atoms with Crippen LogP contribution in [0.5, 0.6) is 0 Å². The van der Waals surface area contributed by atoms with Crippen LogP contribution in [0.2, 0.25) is 0 Å². The summed E-state index contributed by atoms with van der Waals surface area (Å²) in [5.74, 6) is 0.00419. The number of carbonyl (C=O) groups is 1. The number of imidazole rings is 1. The molecule has 2 N–H and O–H groups in total. The summed E-state index contributed by atoms with van der Waals surface area (Å²) in [7, 11) is 0. The van der Waals surface area contributed by atoms with E-state index in [1.807, 2.05) is 36.4 Å². The third-order valence-corrected chi connectivity index (χ3v) is 4.25. The molecule has 4 aromatic rings. The maximum absolute atomic E-state index is 13.4. The minimum absolute atomic E-state index is 0.325. The van der Waals surface area contributed by atoms with Crippen LogP contribution in [0, 0.1) is 12.7 Å². The van der Waals surface area contributed by atoms with Crippen LogP contribution in [-0.4, -0.2) is 15.9 Å². The number of nitrogens with zero attached hydrogens (tertiary/aromatic N) is 1. The number of aromatic amines is 1. The predicted octanol–water partition coefficient (Wildman–Crippen LogP) is 4.93. The molecule has 1 amide bonds. The highest BCUT2D eigenvalue weighted by Gasteiger charge is 2.11. The number of rotatable bonds is 3. The van der Waals surface area contributed by atoms with Gasteiger partial charge < -0.3 is 10.3 Å². The number of halogens is 1. The van der Waals surface area contributed by atoms with Crippen molar-refractivity contribution in [1.29, 1.82) is 0 Å². The van der Waals surface area contributed by atoms with E-state index in [2.05, 4.69) is 15.3 Å². The Hall–Kier alpha value is -3.47. The van der Waals surface area contributed by atoms with Crippen molar-refractivity contribution in [2.75, 3.05) is 5.32 Å². The monoisotopic (exact) mass is 345 g/mol. The normalized spacial score (nSPS) is 10.8. The van der Waals surface area contributed by atoms with Crippen LogP contribution in [0.15, 0.2) is 66.7 Å². The number of fused-ring (bicyclic) bond motifs is 1. The standard InChI is InChI=1S/C21H16FN3O/c1-13-6-9-15(22)12-17(13)21(26)23-16-10-7-14(8-11-16)20-24-18-4-2-3-5-19(18)25-20/h2-12H,1H3,(H,23,26)(H,24,25). The zero-order valence-electron chi connectivity index (χ0n) is 14.1. The number of nitrogens with one attached hydrogen (secondary N) is 2. The molecule has 0 aliphatic rings. The van der Waals surface area contributed by atoms with E-state index in [-0.39, 0.29) is 5.91 Å². The summed E-state index contributed by atoms with van der Waals surface area (Å²) in [5, 5.41) is 2.80. The summed E-state index contributed by atoms with van der Waals surface area (Å²) in [5.41, 5.74) is 4.48. The van der Waals surface area contributed by atoms with Gasteiger partial charge in [-0.05, 0) is 61.0 Å². The van der Waals surface area contributed by atoms with E-state index in [1.54, 1.807) is 25.1 Å². The van der Waals surface area contributed by atoms with Gasteiger partial charge in [0.2, 0.25) is 0 Å². The molecule has 0 bridgehead atoms. The maximum atomic E-state index is 13.4. The third kappa shape index (κ3) is 3.07. The molecule has 0 aliphatic carbocycles. The van der Waals surface area contributed by atoms with Crippen LogP contribution in [0.4, 0.5) is 10.1 Å². The highest BCUT2D eigenvalue weighted by atomic mass is 19.1. The Morgan fingerprint density at radius 1 is 1.04 bits per heavy atom. The number of benzene rings is 3. The fourth-order valence-electron chi connectivity index (χ4n) is 2.84. The number of amides is 1. The number of aryl methyl sites for hydroxylation is 1. The van der Waals surface area contributed by atoms with E-state index in [1.165, 1.54) is 12.1 Å². The van der Waals surface area contributed by atoms with Crippen molar-refractivity contribution in [1.82, 2.24) is 9.97 Å². The lowest BCUT2D eigenvalue weighted by Gasteiger charge is -2.08. The van der Waals surface area contributed by atoms with Crippen LogP contribution in [0.25, 0.3) is 22.4 Å². The molecular weight excluding hydrogens is 329 g/mol. The van der Waals surface area contributed by atoms with E-state index in [0.29, 0.717) is 11.3 Å². The van der Waals surface area contributed by atoms with E-state index in [0.717, 1.165) is 28.0 Å². The van der Waals surface area contributed by atoms with Gasteiger partial charge in [0.05, 0.1) is 11.0 Å². The molecule has 1 heterocycles. The van der Waals surface area contributed by atoms with Crippen molar-refractivity contribution >= 4 is 22.6 Å². The lowest BCUT2D eigenvalue weighted by molar-refractivity contribution is 0.102. The summed E-state index contributed by atoms with van der Waals surface area (Å²) in [6.07, 6.45) is 0. The minimum Gasteiger partial charge on any atom is -0.338 e. The summed E-state index contributed by atoms with van der Waals surface area (Å²) >= 11 is 0. The van der Waals surface area contributed by atoms with Crippen LogP contribution in [0.1, 0.15) is 15.9 Å². The minimum atomic E-state index is -0.430.